The maximum atomic E-state index is 12.8. The van der Waals surface area contributed by atoms with E-state index in [1.54, 1.807) is 0 Å². The molecule has 1 heterocycles. The number of carboxylic acids is 1. The van der Waals surface area contributed by atoms with Crippen LogP contribution in [-0.4, -0.2) is 19.5 Å². The second kappa shape index (κ2) is 7.14. The number of sulfonamides is 1. The van der Waals surface area contributed by atoms with E-state index in [9.17, 15) is 26.4 Å². The van der Waals surface area contributed by atoms with Crippen molar-refractivity contribution in [2.45, 2.75) is 29.8 Å². The van der Waals surface area contributed by atoms with Crippen LogP contribution in [0.5, 0.6) is 0 Å². The van der Waals surface area contributed by atoms with Crippen molar-refractivity contribution in [3.63, 3.8) is 0 Å². The van der Waals surface area contributed by atoms with Gasteiger partial charge in [-0.15, -0.1) is 11.3 Å². The van der Waals surface area contributed by atoms with Gasteiger partial charge in [-0.25, -0.2) is 13.1 Å². The monoisotopic (exact) mass is 393 g/mol. The summed E-state index contributed by atoms with van der Waals surface area (Å²) in [5, 5.41) is 8.71. The van der Waals surface area contributed by atoms with Crippen molar-refractivity contribution in [3.05, 3.63) is 52.4 Å². The number of nitrogens with one attached hydrogen (secondary N) is 1. The van der Waals surface area contributed by atoms with Crippen LogP contribution in [0.1, 0.15) is 29.0 Å². The highest BCUT2D eigenvalue weighted by Crippen LogP contribution is 2.31. The minimum atomic E-state index is -4.52. The molecule has 0 radical (unpaired) electrons. The zero-order valence-electron chi connectivity index (χ0n) is 12.9. The highest BCUT2D eigenvalue weighted by Gasteiger charge is 2.31. The molecular weight excluding hydrogens is 379 g/mol. The van der Waals surface area contributed by atoms with E-state index < -0.39 is 33.8 Å². The van der Waals surface area contributed by atoms with Gasteiger partial charge in [-0.05, 0) is 36.8 Å². The number of aliphatic carboxylic acids is 1. The minimum absolute atomic E-state index is 0.0948. The number of hydrogen-bond donors (Lipinski definition) is 2. The first-order valence-corrected chi connectivity index (χ1v) is 9.29. The Morgan fingerprint density at radius 3 is 2.56 bits per heavy atom. The lowest BCUT2D eigenvalue weighted by molar-refractivity contribution is -0.138. The molecule has 1 aromatic carbocycles. The van der Waals surface area contributed by atoms with Crippen LogP contribution in [0, 0.1) is 0 Å². The summed E-state index contributed by atoms with van der Waals surface area (Å²) in [5.74, 6) is -1.09. The summed E-state index contributed by atoms with van der Waals surface area (Å²) in [6.07, 6.45) is -4.82. The second-order valence-electron chi connectivity index (χ2n) is 5.26. The highest BCUT2D eigenvalue weighted by molar-refractivity contribution is 7.91. The summed E-state index contributed by atoms with van der Waals surface area (Å²) in [7, 11) is -3.98. The van der Waals surface area contributed by atoms with E-state index in [1.807, 2.05) is 0 Å². The maximum Gasteiger partial charge on any atom is 0.416 e. The largest absolute Gasteiger partial charge is 0.481 e. The molecule has 10 heteroatoms. The van der Waals surface area contributed by atoms with Gasteiger partial charge in [0.1, 0.15) is 4.21 Å². The van der Waals surface area contributed by atoms with Crippen LogP contribution in [0.4, 0.5) is 13.2 Å². The first-order chi connectivity index (χ1) is 11.5. The predicted octanol–water partition coefficient (Wildman–Crippen LogP) is 3.43. The van der Waals surface area contributed by atoms with Gasteiger partial charge < -0.3 is 5.11 Å². The molecule has 0 aliphatic rings. The number of rotatable bonds is 6. The normalized spacial score (nSPS) is 13.6. The molecule has 0 spiro atoms. The molecule has 0 aliphatic heterocycles. The summed E-state index contributed by atoms with van der Waals surface area (Å²) < 4.78 is 65.1. The predicted molar refractivity (Wildman–Crippen MR) is 85.8 cm³/mol. The fourth-order valence-electron chi connectivity index (χ4n) is 2.09. The maximum absolute atomic E-state index is 12.8. The van der Waals surface area contributed by atoms with Gasteiger partial charge in [0.15, 0.2) is 0 Å². The van der Waals surface area contributed by atoms with Crippen LogP contribution in [0.3, 0.4) is 0 Å². The first-order valence-electron chi connectivity index (χ1n) is 6.99. The van der Waals surface area contributed by atoms with E-state index in [4.69, 9.17) is 5.11 Å². The van der Waals surface area contributed by atoms with Crippen LogP contribution in [0.15, 0.2) is 40.6 Å². The van der Waals surface area contributed by atoms with Crippen molar-refractivity contribution >= 4 is 27.3 Å². The van der Waals surface area contributed by atoms with Crippen molar-refractivity contribution in [3.8, 4) is 0 Å². The smallest absolute Gasteiger partial charge is 0.416 e. The molecule has 5 nitrogen and oxygen atoms in total. The molecule has 1 atom stereocenters. The number of hydrogen-bond acceptors (Lipinski definition) is 4. The number of carboxylic acid groups (broad SMARTS) is 1. The summed E-state index contributed by atoms with van der Waals surface area (Å²) >= 11 is 0.801. The molecule has 0 fully saturated rings. The molecule has 0 bridgehead atoms. The van der Waals surface area contributed by atoms with Crippen molar-refractivity contribution in [1.29, 1.82) is 0 Å². The summed E-state index contributed by atoms with van der Waals surface area (Å²) in [4.78, 5) is 11.0. The number of halogens is 3. The second-order valence-corrected chi connectivity index (χ2v) is 8.37. The highest BCUT2D eigenvalue weighted by atomic mass is 32.2. The van der Waals surface area contributed by atoms with E-state index in [2.05, 4.69) is 4.72 Å². The fourth-order valence-corrected chi connectivity index (χ4v) is 4.69. The van der Waals surface area contributed by atoms with Gasteiger partial charge in [-0.2, -0.15) is 13.2 Å². The fraction of sp³-hybridized carbons (Fsp3) is 0.267. The molecule has 136 valence electrons. The van der Waals surface area contributed by atoms with Crippen molar-refractivity contribution in [1.82, 2.24) is 4.72 Å². The first kappa shape index (κ1) is 19.4. The van der Waals surface area contributed by atoms with E-state index in [0.717, 1.165) is 23.5 Å². The summed E-state index contributed by atoms with van der Waals surface area (Å²) in [6, 6.07) is 6.16. The van der Waals surface area contributed by atoms with Gasteiger partial charge in [0.2, 0.25) is 0 Å². The Morgan fingerprint density at radius 1 is 1.28 bits per heavy atom. The number of carbonyl (C=O) groups is 1. The molecule has 2 rings (SSSR count). The molecule has 2 aromatic rings. The number of thiophene rings is 1. The number of benzene rings is 1. The number of alkyl halides is 3. The molecular formula is C15H14F3NO4S2. The average Bonchev–Trinajstić information content (AvgIpc) is 2.94. The van der Waals surface area contributed by atoms with Crippen molar-refractivity contribution in [2.24, 2.45) is 0 Å². The Balaban J connectivity index is 2.20. The van der Waals surface area contributed by atoms with E-state index >= 15 is 0 Å². The van der Waals surface area contributed by atoms with E-state index in [0.29, 0.717) is 4.88 Å². The Bertz CT molecular complexity index is 875. The third-order valence-electron chi connectivity index (χ3n) is 3.27. The SMILES string of the molecule is CC(NS(=O)(=O)c1ccc(CC(=O)O)s1)c1cccc(C(F)(F)F)c1. The average molecular weight is 393 g/mol. The topological polar surface area (TPSA) is 83.5 Å². The van der Waals surface area contributed by atoms with Crippen molar-refractivity contribution < 1.29 is 31.5 Å². The molecule has 0 saturated heterocycles. The summed E-state index contributed by atoms with van der Waals surface area (Å²) in [5.41, 5.74) is -0.698. The van der Waals surface area contributed by atoms with Gasteiger partial charge in [0.05, 0.1) is 12.0 Å². The molecule has 1 aromatic heterocycles. The Labute approximate surface area is 146 Å². The Hall–Kier alpha value is -1.91. The van der Waals surface area contributed by atoms with Crippen molar-refractivity contribution in [2.75, 3.05) is 0 Å². The van der Waals surface area contributed by atoms with Crippen LogP contribution >= 0.6 is 11.3 Å². The molecule has 0 saturated carbocycles. The third-order valence-corrected chi connectivity index (χ3v) is 6.39. The van der Waals surface area contributed by atoms with Gasteiger partial charge in [-0.1, -0.05) is 12.1 Å². The molecule has 2 N–H and O–H groups in total. The van der Waals surface area contributed by atoms with Gasteiger partial charge >= 0.3 is 12.1 Å². The van der Waals surface area contributed by atoms with Gasteiger partial charge in [0, 0.05) is 10.9 Å². The lowest BCUT2D eigenvalue weighted by Gasteiger charge is -2.15. The van der Waals surface area contributed by atoms with Crippen LogP contribution < -0.4 is 4.72 Å². The van der Waals surface area contributed by atoms with E-state index in [-0.39, 0.29) is 16.2 Å². The van der Waals surface area contributed by atoms with Crippen LogP contribution in [0.2, 0.25) is 0 Å². The van der Waals surface area contributed by atoms with E-state index in [1.165, 1.54) is 31.2 Å². The minimum Gasteiger partial charge on any atom is -0.481 e. The Kier molecular flexibility index (Phi) is 5.55. The van der Waals surface area contributed by atoms with Gasteiger partial charge in [0.25, 0.3) is 10.0 Å². The molecule has 0 amide bonds. The van der Waals surface area contributed by atoms with Gasteiger partial charge in [-0.3, -0.25) is 4.79 Å². The van der Waals surface area contributed by atoms with Crippen LogP contribution in [-0.2, 0) is 27.4 Å². The molecule has 25 heavy (non-hydrogen) atoms. The lowest BCUT2D eigenvalue weighted by atomic mass is 10.1. The third kappa shape index (κ3) is 5.03. The molecule has 0 aliphatic carbocycles. The Morgan fingerprint density at radius 2 is 1.96 bits per heavy atom. The lowest BCUT2D eigenvalue weighted by Crippen LogP contribution is -2.26. The van der Waals surface area contributed by atoms with Crippen LogP contribution in [0.25, 0.3) is 0 Å². The molecule has 1 unspecified atom stereocenters. The zero-order valence-corrected chi connectivity index (χ0v) is 14.5. The standard InChI is InChI=1S/C15H14F3NO4S2/c1-9(10-3-2-4-11(7-10)15(16,17)18)19-25(22,23)14-6-5-12(24-14)8-13(20)21/h2-7,9,19H,8H2,1H3,(H,20,21). The summed E-state index contributed by atoms with van der Waals surface area (Å²) in [6.45, 7) is 1.43. The quantitative estimate of drug-likeness (QED) is 0.788. The zero-order chi connectivity index (χ0) is 18.8.